The fraction of sp³-hybridized carbons (Fsp3) is 0.125. The Bertz CT molecular complexity index is 282. The Kier molecular flexibility index (Phi) is 3.10. The van der Waals surface area contributed by atoms with E-state index in [-0.39, 0.29) is 0 Å². The summed E-state index contributed by atoms with van der Waals surface area (Å²) in [4.78, 5) is 3.91. The molecule has 0 aliphatic rings. The molecule has 12 heavy (non-hydrogen) atoms. The van der Waals surface area contributed by atoms with Crippen LogP contribution in [0.15, 0.2) is 30.7 Å². The SMILES string of the molecule is CN.c1cc2ccnnc2cn1. The maximum absolute atomic E-state index is 4.50. The van der Waals surface area contributed by atoms with E-state index in [1.165, 1.54) is 7.05 Å². The number of rotatable bonds is 0. The van der Waals surface area contributed by atoms with Crippen molar-refractivity contribution in [3.8, 4) is 0 Å². The van der Waals surface area contributed by atoms with Gasteiger partial charge in [-0.2, -0.15) is 5.10 Å². The molecule has 4 nitrogen and oxygen atoms in total. The van der Waals surface area contributed by atoms with Crippen LogP contribution >= 0.6 is 0 Å². The number of fused-ring (bicyclic) bond motifs is 1. The summed E-state index contributed by atoms with van der Waals surface area (Å²) in [5.74, 6) is 0. The lowest BCUT2D eigenvalue weighted by atomic mass is 10.3. The van der Waals surface area contributed by atoms with Gasteiger partial charge in [-0.15, -0.1) is 5.10 Å². The van der Waals surface area contributed by atoms with Crippen molar-refractivity contribution in [2.75, 3.05) is 7.05 Å². The second-order valence-electron chi connectivity index (χ2n) is 1.97. The molecule has 0 fully saturated rings. The van der Waals surface area contributed by atoms with E-state index in [9.17, 15) is 0 Å². The molecule has 0 saturated heterocycles. The molecule has 0 atom stereocenters. The predicted molar refractivity (Wildman–Crippen MR) is 47.4 cm³/mol. The minimum Gasteiger partial charge on any atom is -0.333 e. The highest BCUT2D eigenvalue weighted by Gasteiger charge is 1.88. The van der Waals surface area contributed by atoms with Crippen LogP contribution < -0.4 is 5.73 Å². The number of nitrogens with two attached hydrogens (primary N) is 1. The molecular weight excluding hydrogens is 152 g/mol. The summed E-state index contributed by atoms with van der Waals surface area (Å²) in [7, 11) is 1.50. The van der Waals surface area contributed by atoms with Gasteiger partial charge < -0.3 is 5.73 Å². The second-order valence-corrected chi connectivity index (χ2v) is 1.97. The average molecular weight is 162 g/mol. The summed E-state index contributed by atoms with van der Waals surface area (Å²) in [5, 5.41) is 8.67. The zero-order chi connectivity index (χ0) is 8.81. The van der Waals surface area contributed by atoms with Crippen LogP contribution in [0.4, 0.5) is 0 Å². The smallest absolute Gasteiger partial charge is 0.111 e. The Morgan fingerprint density at radius 3 is 2.67 bits per heavy atom. The molecule has 0 bridgehead atoms. The van der Waals surface area contributed by atoms with Crippen molar-refractivity contribution in [2.24, 2.45) is 5.73 Å². The molecule has 0 saturated carbocycles. The lowest BCUT2D eigenvalue weighted by Gasteiger charge is -1.89. The Balaban J connectivity index is 0.000000336. The molecule has 62 valence electrons. The van der Waals surface area contributed by atoms with Gasteiger partial charge in [0.1, 0.15) is 5.52 Å². The van der Waals surface area contributed by atoms with Crippen molar-refractivity contribution in [3.63, 3.8) is 0 Å². The fourth-order valence-corrected chi connectivity index (χ4v) is 0.831. The largest absolute Gasteiger partial charge is 0.333 e. The minimum absolute atomic E-state index is 0.838. The number of nitrogens with zero attached hydrogens (tertiary/aromatic N) is 3. The normalized spacial score (nSPS) is 8.83. The van der Waals surface area contributed by atoms with Crippen molar-refractivity contribution in [1.82, 2.24) is 15.2 Å². The monoisotopic (exact) mass is 162 g/mol. The summed E-state index contributed by atoms with van der Waals surface area (Å²) in [6, 6.07) is 3.81. The Labute approximate surface area is 70.5 Å². The van der Waals surface area contributed by atoms with E-state index >= 15 is 0 Å². The van der Waals surface area contributed by atoms with Gasteiger partial charge in [-0.25, -0.2) is 0 Å². The fourth-order valence-electron chi connectivity index (χ4n) is 0.831. The maximum Gasteiger partial charge on any atom is 0.111 e. The molecule has 0 aliphatic heterocycles. The molecule has 0 amide bonds. The molecule has 4 heteroatoms. The molecule has 0 aromatic carbocycles. The van der Waals surface area contributed by atoms with Gasteiger partial charge in [-0.05, 0) is 19.2 Å². The van der Waals surface area contributed by atoms with E-state index in [4.69, 9.17) is 0 Å². The number of pyridine rings is 1. The van der Waals surface area contributed by atoms with Crippen LogP contribution in [0.25, 0.3) is 10.9 Å². The first-order valence-corrected chi connectivity index (χ1v) is 3.56. The summed E-state index contributed by atoms with van der Waals surface area (Å²) in [6.45, 7) is 0. The summed E-state index contributed by atoms with van der Waals surface area (Å²) in [5.41, 5.74) is 5.34. The molecule has 2 rings (SSSR count). The number of hydrogen-bond acceptors (Lipinski definition) is 4. The summed E-state index contributed by atoms with van der Waals surface area (Å²) < 4.78 is 0. The third kappa shape index (κ3) is 1.73. The topological polar surface area (TPSA) is 64.7 Å². The standard InChI is InChI=1S/C7H5N3.CH5N/c1-3-8-5-7-6(1)2-4-9-10-7;1-2/h1-5H;2H2,1H3. The number of aromatic nitrogens is 3. The molecule has 2 aromatic rings. The van der Waals surface area contributed by atoms with Crippen molar-refractivity contribution in [2.45, 2.75) is 0 Å². The molecule has 0 unspecified atom stereocenters. The van der Waals surface area contributed by atoms with E-state index in [1.54, 1.807) is 18.6 Å². The van der Waals surface area contributed by atoms with Crippen molar-refractivity contribution >= 4 is 10.9 Å². The Morgan fingerprint density at radius 2 is 1.92 bits per heavy atom. The van der Waals surface area contributed by atoms with Gasteiger partial charge in [0.2, 0.25) is 0 Å². The first-order chi connectivity index (χ1) is 5.97. The molecule has 0 spiro atoms. The van der Waals surface area contributed by atoms with Crippen molar-refractivity contribution in [1.29, 1.82) is 0 Å². The summed E-state index contributed by atoms with van der Waals surface area (Å²) in [6.07, 6.45) is 5.11. The third-order valence-electron chi connectivity index (χ3n) is 1.32. The minimum atomic E-state index is 0.838. The van der Waals surface area contributed by atoms with Gasteiger partial charge in [0, 0.05) is 11.6 Å². The highest BCUT2D eigenvalue weighted by atomic mass is 15.1. The molecule has 2 N–H and O–H groups in total. The number of hydrogen-bond donors (Lipinski definition) is 1. The van der Waals surface area contributed by atoms with Gasteiger partial charge in [-0.1, -0.05) is 0 Å². The average Bonchev–Trinajstić information content (AvgIpc) is 2.21. The first-order valence-electron chi connectivity index (χ1n) is 3.56. The highest BCUT2D eigenvalue weighted by Crippen LogP contribution is 2.04. The quantitative estimate of drug-likeness (QED) is 0.616. The molecule has 2 aromatic heterocycles. The van der Waals surface area contributed by atoms with Crippen LogP contribution in [-0.4, -0.2) is 22.2 Å². The van der Waals surface area contributed by atoms with Crippen LogP contribution in [0.3, 0.4) is 0 Å². The van der Waals surface area contributed by atoms with Crippen LogP contribution in [0.2, 0.25) is 0 Å². The van der Waals surface area contributed by atoms with E-state index < -0.39 is 0 Å². The molecule has 2 heterocycles. The van der Waals surface area contributed by atoms with Gasteiger partial charge in [0.15, 0.2) is 0 Å². The highest BCUT2D eigenvalue weighted by molar-refractivity contribution is 5.75. The van der Waals surface area contributed by atoms with E-state index in [0.717, 1.165) is 10.9 Å². The van der Waals surface area contributed by atoms with E-state index in [2.05, 4.69) is 20.9 Å². The third-order valence-corrected chi connectivity index (χ3v) is 1.32. The summed E-state index contributed by atoms with van der Waals surface area (Å²) >= 11 is 0. The zero-order valence-corrected chi connectivity index (χ0v) is 6.81. The van der Waals surface area contributed by atoms with E-state index in [1.807, 2.05) is 12.1 Å². The van der Waals surface area contributed by atoms with Gasteiger partial charge in [-0.3, -0.25) is 4.98 Å². The van der Waals surface area contributed by atoms with Gasteiger partial charge in [0.25, 0.3) is 0 Å². The molecule has 0 aliphatic carbocycles. The Morgan fingerprint density at radius 1 is 1.17 bits per heavy atom. The molecule has 0 radical (unpaired) electrons. The predicted octanol–water partition coefficient (Wildman–Crippen LogP) is 0.600. The van der Waals surface area contributed by atoms with Crippen LogP contribution in [0.5, 0.6) is 0 Å². The second kappa shape index (κ2) is 4.35. The Hall–Kier alpha value is -1.55. The van der Waals surface area contributed by atoms with Crippen LogP contribution in [0, 0.1) is 0 Å². The molecular formula is C8H10N4. The van der Waals surface area contributed by atoms with E-state index in [0.29, 0.717) is 0 Å². The van der Waals surface area contributed by atoms with Gasteiger partial charge >= 0.3 is 0 Å². The van der Waals surface area contributed by atoms with Crippen molar-refractivity contribution < 1.29 is 0 Å². The van der Waals surface area contributed by atoms with Gasteiger partial charge in [0.05, 0.1) is 12.4 Å². The first kappa shape index (κ1) is 8.55. The van der Waals surface area contributed by atoms with Crippen LogP contribution in [-0.2, 0) is 0 Å². The lowest BCUT2D eigenvalue weighted by Crippen LogP contribution is -1.81. The zero-order valence-electron chi connectivity index (χ0n) is 6.81. The lowest BCUT2D eigenvalue weighted by molar-refractivity contribution is 1.07. The van der Waals surface area contributed by atoms with Crippen LogP contribution in [0.1, 0.15) is 0 Å². The maximum atomic E-state index is 4.50. The van der Waals surface area contributed by atoms with Crippen molar-refractivity contribution in [3.05, 3.63) is 30.7 Å².